The predicted molar refractivity (Wildman–Crippen MR) is 171 cm³/mol. The molecule has 3 heterocycles. The van der Waals surface area contributed by atoms with Gasteiger partial charge in [-0.05, 0) is 59.6 Å². The fraction of sp³-hybridized carbons (Fsp3) is 0.562. The summed E-state index contributed by atoms with van der Waals surface area (Å²) in [5.41, 5.74) is 4.86. The molecular formula is C32H46N4O5SSi. The number of nitrogens with one attached hydrogen (secondary N) is 1. The highest BCUT2D eigenvalue weighted by Crippen LogP contribution is 2.38. The van der Waals surface area contributed by atoms with Gasteiger partial charge >= 0.3 is 0 Å². The smallest absolute Gasteiger partial charge is 0.251 e. The maximum atomic E-state index is 14.0. The van der Waals surface area contributed by atoms with E-state index >= 15 is 0 Å². The van der Waals surface area contributed by atoms with Crippen LogP contribution in [0.1, 0.15) is 76.9 Å². The van der Waals surface area contributed by atoms with E-state index in [1.165, 1.54) is 6.07 Å². The first kappa shape index (κ1) is 32.9. The number of rotatable bonds is 10. The van der Waals surface area contributed by atoms with Crippen LogP contribution in [0.25, 0.3) is 10.4 Å². The van der Waals surface area contributed by atoms with Gasteiger partial charge in [0.15, 0.2) is 14.1 Å². The van der Waals surface area contributed by atoms with Gasteiger partial charge in [-0.25, -0.2) is 4.98 Å². The van der Waals surface area contributed by atoms with Gasteiger partial charge in [0.1, 0.15) is 12.0 Å². The number of aromatic nitrogens is 2. The monoisotopic (exact) mass is 626 g/mol. The molecule has 4 atom stereocenters. The van der Waals surface area contributed by atoms with Gasteiger partial charge in [0.2, 0.25) is 11.8 Å². The Balaban J connectivity index is 1.59. The summed E-state index contributed by atoms with van der Waals surface area (Å²) in [6.07, 6.45) is 0.559. The van der Waals surface area contributed by atoms with Gasteiger partial charge in [-0.2, -0.15) is 0 Å². The summed E-state index contributed by atoms with van der Waals surface area (Å²) >= 11 is 1.61. The first-order valence-corrected chi connectivity index (χ1v) is 18.8. The minimum atomic E-state index is -2.11. The molecule has 2 N–H and O–H groups in total. The summed E-state index contributed by atoms with van der Waals surface area (Å²) in [5, 5.41) is 16.6. The lowest BCUT2D eigenvalue weighted by atomic mass is 9.91. The largest absolute Gasteiger partial charge is 0.491 e. The number of hydrogen-bond acceptors (Lipinski definition) is 8. The lowest BCUT2D eigenvalue weighted by molar-refractivity contribution is -0.141. The van der Waals surface area contributed by atoms with E-state index in [-0.39, 0.29) is 34.6 Å². The fourth-order valence-electron chi connectivity index (χ4n) is 5.32. The molecule has 9 nitrogen and oxygen atoms in total. The third-order valence-corrected chi connectivity index (χ3v) is 14.4. The Morgan fingerprint density at radius 2 is 1.91 bits per heavy atom. The number of aromatic hydroxyl groups is 1. The number of likely N-dealkylation sites (tertiary alicyclic amines) is 1. The van der Waals surface area contributed by atoms with Crippen LogP contribution in [0.4, 0.5) is 0 Å². The Morgan fingerprint density at radius 1 is 1.23 bits per heavy atom. The number of hydrogen-bond donors (Lipinski definition) is 2. The van der Waals surface area contributed by atoms with Crippen molar-refractivity contribution < 1.29 is 23.6 Å². The maximum absolute atomic E-state index is 14.0. The van der Waals surface area contributed by atoms with Crippen LogP contribution in [-0.4, -0.2) is 59.5 Å². The van der Waals surface area contributed by atoms with Crippen LogP contribution in [0.15, 0.2) is 40.4 Å². The second kappa shape index (κ2) is 12.9. The third kappa shape index (κ3) is 7.38. The molecule has 1 aliphatic rings. The van der Waals surface area contributed by atoms with Crippen LogP contribution >= 0.6 is 11.3 Å². The number of benzene rings is 1. The van der Waals surface area contributed by atoms with E-state index in [1.54, 1.807) is 16.2 Å². The van der Waals surface area contributed by atoms with E-state index in [1.807, 2.05) is 38.4 Å². The van der Waals surface area contributed by atoms with Gasteiger partial charge in [-0.1, -0.05) is 65.8 Å². The number of thiazole rings is 1. The highest BCUT2D eigenvalue weighted by Gasteiger charge is 2.43. The Morgan fingerprint density at radius 3 is 2.44 bits per heavy atom. The molecule has 0 spiro atoms. The molecule has 1 unspecified atom stereocenters. The average molecular weight is 627 g/mol. The summed E-state index contributed by atoms with van der Waals surface area (Å²) in [5.74, 6) is -0.993. The molecule has 1 aliphatic heterocycles. The maximum Gasteiger partial charge on any atom is 0.251 e. The van der Waals surface area contributed by atoms with Gasteiger partial charge in [0.25, 0.3) is 5.88 Å². The predicted octanol–water partition coefficient (Wildman–Crippen LogP) is 6.67. The molecule has 0 saturated carbocycles. The highest BCUT2D eigenvalue weighted by molar-refractivity contribution is 7.13. The lowest BCUT2D eigenvalue weighted by Crippen LogP contribution is -2.50. The van der Waals surface area contributed by atoms with Gasteiger partial charge in [0, 0.05) is 12.6 Å². The van der Waals surface area contributed by atoms with E-state index in [2.05, 4.69) is 68.4 Å². The minimum absolute atomic E-state index is 0.0141. The Labute approximate surface area is 260 Å². The number of aryl methyl sites for hydroxylation is 1. The van der Waals surface area contributed by atoms with Crippen molar-refractivity contribution in [1.29, 1.82) is 0 Å². The zero-order valence-electron chi connectivity index (χ0n) is 26.8. The third-order valence-electron chi connectivity index (χ3n) is 8.91. The molecule has 234 valence electrons. The van der Waals surface area contributed by atoms with E-state index in [4.69, 9.17) is 8.95 Å². The van der Waals surface area contributed by atoms with Crippen molar-refractivity contribution in [2.24, 2.45) is 11.8 Å². The first-order chi connectivity index (χ1) is 20.1. The van der Waals surface area contributed by atoms with Crippen LogP contribution in [0.5, 0.6) is 5.88 Å². The number of nitrogens with zero attached hydrogens (tertiary/aromatic N) is 3. The van der Waals surface area contributed by atoms with Crippen LogP contribution in [0.3, 0.4) is 0 Å². The zero-order chi connectivity index (χ0) is 31.7. The topological polar surface area (TPSA) is 118 Å². The molecule has 0 radical (unpaired) electrons. The molecule has 4 rings (SSSR count). The van der Waals surface area contributed by atoms with E-state index < -0.39 is 26.3 Å². The van der Waals surface area contributed by atoms with Crippen molar-refractivity contribution in [1.82, 2.24) is 20.4 Å². The van der Waals surface area contributed by atoms with Crippen LogP contribution in [0, 0.1) is 18.8 Å². The molecule has 1 saturated heterocycles. The molecule has 2 aromatic heterocycles. The fourth-order valence-corrected chi connectivity index (χ4v) is 7.15. The molecule has 2 amide bonds. The molecular weight excluding hydrogens is 581 g/mol. The lowest BCUT2D eigenvalue weighted by Gasteiger charge is -2.37. The van der Waals surface area contributed by atoms with Crippen molar-refractivity contribution in [3.63, 3.8) is 0 Å². The van der Waals surface area contributed by atoms with Crippen LogP contribution in [-0.2, 0) is 14.0 Å². The SMILES string of the molecule is Cc1ncsc1-c1ccc([C@H](CO[Si](C)(C)C(C)(C)C)NC(=O)[C@@H]2C[C@@H](C)CN2C(=O)C(c2cc(O)no2)C(C)C)cc1. The van der Waals surface area contributed by atoms with Gasteiger partial charge in [0.05, 0.1) is 28.7 Å². The average Bonchev–Trinajstić information content (AvgIpc) is 3.65. The summed E-state index contributed by atoms with van der Waals surface area (Å²) < 4.78 is 11.9. The van der Waals surface area contributed by atoms with Crippen molar-refractivity contribution in [2.75, 3.05) is 13.2 Å². The normalized spacial score (nSPS) is 19.1. The Kier molecular flexibility index (Phi) is 9.88. The standard InChI is InChI=1S/C32H46N4O5SSi/c1-19(2)28(26-15-27(37)35-41-26)31(39)36-16-20(3)14-25(36)30(38)34-24(17-40-43(8,9)32(5,6)7)22-10-12-23(13-11-22)29-21(4)33-18-42-29/h10-13,15,18-20,24-25,28H,14,16-17H2,1-9H3,(H,34,38)(H,35,37)/t20-,24+,25+,28?/m1/s1. The summed E-state index contributed by atoms with van der Waals surface area (Å²) in [6.45, 7) is 19.7. The molecule has 0 bridgehead atoms. The molecule has 43 heavy (non-hydrogen) atoms. The van der Waals surface area contributed by atoms with Gasteiger partial charge < -0.3 is 24.3 Å². The number of carbonyl (C=O) groups excluding carboxylic acids is 2. The quantitative estimate of drug-likeness (QED) is 0.241. The van der Waals surface area contributed by atoms with Crippen molar-refractivity contribution in [2.45, 2.75) is 91.0 Å². The van der Waals surface area contributed by atoms with Crippen LogP contribution < -0.4 is 5.32 Å². The van der Waals surface area contributed by atoms with Gasteiger partial charge in [-0.15, -0.1) is 11.3 Å². The van der Waals surface area contributed by atoms with Gasteiger partial charge in [-0.3, -0.25) is 9.59 Å². The summed E-state index contributed by atoms with van der Waals surface area (Å²) in [4.78, 5) is 35.1. The second-order valence-corrected chi connectivity index (χ2v) is 19.3. The molecule has 3 aromatic rings. The first-order valence-electron chi connectivity index (χ1n) is 15.0. The summed E-state index contributed by atoms with van der Waals surface area (Å²) in [7, 11) is -2.11. The Bertz CT molecular complexity index is 1410. The number of carbonyl (C=O) groups is 2. The molecule has 1 fully saturated rings. The number of amides is 2. The van der Waals surface area contributed by atoms with Crippen molar-refractivity contribution in [3.05, 3.63) is 52.9 Å². The van der Waals surface area contributed by atoms with Crippen molar-refractivity contribution >= 4 is 31.5 Å². The Hall–Kier alpha value is -3.02. The zero-order valence-corrected chi connectivity index (χ0v) is 28.6. The van der Waals surface area contributed by atoms with E-state index in [0.29, 0.717) is 25.3 Å². The molecule has 0 aliphatic carbocycles. The second-order valence-electron chi connectivity index (χ2n) is 13.7. The highest BCUT2D eigenvalue weighted by atomic mass is 32.1. The van der Waals surface area contributed by atoms with Crippen molar-refractivity contribution in [3.8, 4) is 16.3 Å². The molecule has 11 heteroatoms. The molecule has 1 aromatic carbocycles. The van der Waals surface area contributed by atoms with E-state index in [0.717, 1.165) is 21.7 Å². The van der Waals surface area contributed by atoms with Crippen LogP contribution in [0.2, 0.25) is 18.1 Å². The van der Waals surface area contributed by atoms with E-state index in [9.17, 15) is 14.7 Å². The summed E-state index contributed by atoms with van der Waals surface area (Å²) in [6, 6.07) is 8.57. The minimum Gasteiger partial charge on any atom is -0.491 e.